The fourth-order valence-corrected chi connectivity index (χ4v) is 2.49. The minimum Gasteiger partial charge on any atom is -0.337 e. The van der Waals surface area contributed by atoms with Crippen LogP contribution in [-0.4, -0.2) is 9.97 Å². The first kappa shape index (κ1) is 12.6. The molecule has 20 heavy (non-hydrogen) atoms. The maximum atomic E-state index is 9.05. The highest BCUT2D eigenvalue weighted by Gasteiger charge is 2.08. The second-order valence-electron chi connectivity index (χ2n) is 4.13. The summed E-state index contributed by atoms with van der Waals surface area (Å²) in [5, 5.41) is 14.4. The minimum atomic E-state index is 0.277. The summed E-state index contributed by atoms with van der Waals surface area (Å²) in [6.07, 6.45) is 3.06. The molecule has 2 aromatic carbocycles. The van der Waals surface area contributed by atoms with Gasteiger partial charge in [-0.1, -0.05) is 40.2 Å². The SMILES string of the molecule is N#Cc1nccnc1Nc1ccc(Br)c2ccccc12. The van der Waals surface area contributed by atoms with Gasteiger partial charge in [-0.05, 0) is 17.5 Å². The first-order valence-electron chi connectivity index (χ1n) is 5.95. The number of fused-ring (bicyclic) bond motifs is 1. The average molecular weight is 325 g/mol. The third kappa shape index (κ3) is 2.22. The number of rotatable bonds is 2. The minimum absolute atomic E-state index is 0.277. The van der Waals surface area contributed by atoms with Crippen LogP contribution in [0, 0.1) is 11.3 Å². The van der Waals surface area contributed by atoms with Crippen molar-refractivity contribution >= 4 is 38.2 Å². The lowest BCUT2D eigenvalue weighted by Crippen LogP contribution is -1.99. The van der Waals surface area contributed by atoms with Gasteiger partial charge in [0.15, 0.2) is 11.5 Å². The molecule has 1 aromatic heterocycles. The van der Waals surface area contributed by atoms with Crippen molar-refractivity contribution in [3.8, 4) is 6.07 Å². The largest absolute Gasteiger partial charge is 0.337 e. The Bertz CT molecular complexity index is 823. The van der Waals surface area contributed by atoms with Crippen LogP contribution in [0.1, 0.15) is 5.69 Å². The third-order valence-electron chi connectivity index (χ3n) is 2.93. The number of benzene rings is 2. The van der Waals surface area contributed by atoms with Crippen LogP contribution in [-0.2, 0) is 0 Å². The van der Waals surface area contributed by atoms with Crippen molar-refractivity contribution in [2.45, 2.75) is 0 Å². The predicted molar refractivity (Wildman–Crippen MR) is 81.7 cm³/mol. The van der Waals surface area contributed by atoms with E-state index in [2.05, 4.69) is 31.2 Å². The van der Waals surface area contributed by atoms with Crippen LogP contribution >= 0.6 is 15.9 Å². The maximum Gasteiger partial charge on any atom is 0.183 e. The zero-order valence-corrected chi connectivity index (χ0v) is 11.9. The van der Waals surface area contributed by atoms with E-state index < -0.39 is 0 Å². The Morgan fingerprint density at radius 1 is 1.00 bits per heavy atom. The number of hydrogen-bond donors (Lipinski definition) is 1. The summed E-state index contributed by atoms with van der Waals surface area (Å²) >= 11 is 3.54. The quantitative estimate of drug-likeness (QED) is 0.773. The Kier molecular flexibility index (Phi) is 3.32. The van der Waals surface area contributed by atoms with Crippen molar-refractivity contribution in [3.05, 3.63) is 59.0 Å². The molecule has 3 aromatic rings. The highest BCUT2D eigenvalue weighted by atomic mass is 79.9. The third-order valence-corrected chi connectivity index (χ3v) is 3.62. The summed E-state index contributed by atoms with van der Waals surface area (Å²) in [7, 11) is 0. The summed E-state index contributed by atoms with van der Waals surface area (Å²) < 4.78 is 1.03. The molecule has 0 spiro atoms. The summed E-state index contributed by atoms with van der Waals surface area (Å²) in [5.41, 5.74) is 1.17. The summed E-state index contributed by atoms with van der Waals surface area (Å²) in [5.74, 6) is 0.461. The van der Waals surface area contributed by atoms with Gasteiger partial charge in [-0.3, -0.25) is 0 Å². The molecule has 1 N–H and O–H groups in total. The molecular formula is C15H9BrN4. The van der Waals surface area contributed by atoms with Crippen LogP contribution in [0.5, 0.6) is 0 Å². The molecule has 0 aliphatic heterocycles. The molecule has 1 heterocycles. The van der Waals surface area contributed by atoms with Crippen LogP contribution < -0.4 is 5.32 Å². The van der Waals surface area contributed by atoms with Gasteiger partial charge >= 0.3 is 0 Å². The first-order chi connectivity index (χ1) is 9.79. The van der Waals surface area contributed by atoms with Crippen LogP contribution in [0.4, 0.5) is 11.5 Å². The van der Waals surface area contributed by atoms with Gasteiger partial charge in [0, 0.05) is 27.9 Å². The van der Waals surface area contributed by atoms with E-state index in [0.29, 0.717) is 5.82 Å². The first-order valence-corrected chi connectivity index (χ1v) is 6.74. The van der Waals surface area contributed by atoms with E-state index in [-0.39, 0.29) is 5.69 Å². The maximum absolute atomic E-state index is 9.05. The Morgan fingerprint density at radius 3 is 2.55 bits per heavy atom. The van der Waals surface area contributed by atoms with Crippen LogP contribution in [0.2, 0.25) is 0 Å². The zero-order chi connectivity index (χ0) is 13.9. The van der Waals surface area contributed by atoms with Crippen molar-refractivity contribution in [1.29, 1.82) is 5.26 Å². The van der Waals surface area contributed by atoms with Gasteiger partial charge in [-0.2, -0.15) is 5.26 Å². The fraction of sp³-hybridized carbons (Fsp3) is 0. The molecule has 5 heteroatoms. The molecule has 96 valence electrons. The Labute approximate surface area is 124 Å². The number of nitriles is 1. The molecule has 0 saturated carbocycles. The second kappa shape index (κ2) is 5.27. The highest BCUT2D eigenvalue weighted by molar-refractivity contribution is 9.10. The molecule has 0 atom stereocenters. The van der Waals surface area contributed by atoms with Crippen LogP contribution in [0.15, 0.2) is 53.3 Å². The molecular weight excluding hydrogens is 316 g/mol. The van der Waals surface area contributed by atoms with Crippen molar-refractivity contribution in [1.82, 2.24) is 9.97 Å². The zero-order valence-electron chi connectivity index (χ0n) is 10.3. The molecule has 0 radical (unpaired) electrons. The van der Waals surface area contributed by atoms with E-state index in [1.807, 2.05) is 42.5 Å². The number of nitrogens with zero attached hydrogens (tertiary/aromatic N) is 3. The molecule has 0 aliphatic rings. The molecule has 0 fully saturated rings. The van der Waals surface area contributed by atoms with E-state index >= 15 is 0 Å². The molecule has 0 unspecified atom stereocenters. The van der Waals surface area contributed by atoms with Gasteiger partial charge in [-0.15, -0.1) is 0 Å². The van der Waals surface area contributed by atoms with E-state index in [9.17, 15) is 0 Å². The lowest BCUT2D eigenvalue weighted by molar-refractivity contribution is 1.16. The number of aromatic nitrogens is 2. The fourth-order valence-electron chi connectivity index (χ4n) is 2.01. The number of halogens is 1. The lowest BCUT2D eigenvalue weighted by Gasteiger charge is -2.10. The van der Waals surface area contributed by atoms with Gasteiger partial charge in [0.25, 0.3) is 0 Å². The lowest BCUT2D eigenvalue weighted by atomic mass is 10.1. The van der Waals surface area contributed by atoms with Crippen molar-refractivity contribution in [2.75, 3.05) is 5.32 Å². The van der Waals surface area contributed by atoms with Crippen molar-refractivity contribution < 1.29 is 0 Å². The summed E-state index contributed by atoms with van der Waals surface area (Å²) in [4.78, 5) is 8.16. The van der Waals surface area contributed by atoms with E-state index in [0.717, 1.165) is 20.9 Å². The standard InChI is InChI=1S/C15H9BrN4/c16-12-5-6-13(11-4-2-1-3-10(11)12)20-15-14(9-17)18-7-8-19-15/h1-8H,(H,19,20). The highest BCUT2D eigenvalue weighted by Crippen LogP contribution is 2.31. The van der Waals surface area contributed by atoms with Gasteiger partial charge in [0.1, 0.15) is 6.07 Å². The van der Waals surface area contributed by atoms with E-state index in [1.165, 1.54) is 6.20 Å². The average Bonchev–Trinajstić information content (AvgIpc) is 2.51. The Hall–Kier alpha value is -2.45. The van der Waals surface area contributed by atoms with Crippen LogP contribution in [0.25, 0.3) is 10.8 Å². The normalized spacial score (nSPS) is 10.2. The van der Waals surface area contributed by atoms with Crippen molar-refractivity contribution in [2.24, 2.45) is 0 Å². The molecule has 4 nitrogen and oxygen atoms in total. The van der Waals surface area contributed by atoms with Gasteiger partial charge in [0.2, 0.25) is 0 Å². The van der Waals surface area contributed by atoms with E-state index in [4.69, 9.17) is 5.26 Å². The summed E-state index contributed by atoms with van der Waals surface area (Å²) in [6.45, 7) is 0. The summed E-state index contributed by atoms with van der Waals surface area (Å²) in [6, 6.07) is 14.0. The predicted octanol–water partition coefficient (Wildman–Crippen LogP) is 4.01. The van der Waals surface area contributed by atoms with E-state index in [1.54, 1.807) is 6.20 Å². The second-order valence-corrected chi connectivity index (χ2v) is 4.99. The smallest absolute Gasteiger partial charge is 0.183 e. The van der Waals surface area contributed by atoms with Crippen LogP contribution in [0.3, 0.4) is 0 Å². The monoisotopic (exact) mass is 324 g/mol. The van der Waals surface area contributed by atoms with Crippen molar-refractivity contribution in [3.63, 3.8) is 0 Å². The molecule has 0 amide bonds. The number of anilines is 2. The Morgan fingerprint density at radius 2 is 1.75 bits per heavy atom. The van der Waals surface area contributed by atoms with Gasteiger partial charge in [-0.25, -0.2) is 9.97 Å². The molecule has 0 bridgehead atoms. The number of nitrogens with one attached hydrogen (secondary N) is 1. The molecule has 3 rings (SSSR count). The topological polar surface area (TPSA) is 61.6 Å². The molecule has 0 aliphatic carbocycles. The van der Waals surface area contributed by atoms with Gasteiger partial charge in [0.05, 0.1) is 0 Å². The molecule has 0 saturated heterocycles. The Balaban J connectivity index is 2.12. The number of hydrogen-bond acceptors (Lipinski definition) is 4. The van der Waals surface area contributed by atoms with Gasteiger partial charge < -0.3 is 5.32 Å².